The van der Waals surface area contributed by atoms with Crippen molar-refractivity contribution in [1.29, 1.82) is 0 Å². The molecular weight excluding hydrogens is 208 g/mol. The average Bonchev–Trinajstić information content (AvgIpc) is 2.65. The number of urea groups is 1. The largest absolute Gasteiger partial charge is 0.480 e. The summed E-state index contributed by atoms with van der Waals surface area (Å²) in [4.78, 5) is 24.2. The number of likely N-dealkylation sites (tertiary alicyclic amines) is 1. The van der Waals surface area contributed by atoms with Gasteiger partial charge < -0.3 is 15.3 Å². The number of carboxylic acid groups (broad SMARTS) is 1. The van der Waals surface area contributed by atoms with Crippen molar-refractivity contribution >= 4 is 12.0 Å². The molecule has 5 nitrogen and oxygen atoms in total. The highest BCUT2D eigenvalue weighted by molar-refractivity contribution is 5.82. The van der Waals surface area contributed by atoms with Crippen LogP contribution >= 0.6 is 0 Å². The van der Waals surface area contributed by atoms with E-state index in [4.69, 9.17) is 5.11 Å². The molecule has 2 N–H and O–H groups in total. The third-order valence-electron chi connectivity index (χ3n) is 3.04. The van der Waals surface area contributed by atoms with Crippen LogP contribution in [0.25, 0.3) is 0 Å². The van der Waals surface area contributed by atoms with Crippen LogP contribution in [0.1, 0.15) is 33.6 Å². The zero-order chi connectivity index (χ0) is 12.3. The number of nitrogens with one attached hydrogen (secondary N) is 1. The van der Waals surface area contributed by atoms with Crippen LogP contribution in [0.3, 0.4) is 0 Å². The second-order valence-corrected chi connectivity index (χ2v) is 4.66. The van der Waals surface area contributed by atoms with Crippen molar-refractivity contribution in [2.24, 2.45) is 5.92 Å². The van der Waals surface area contributed by atoms with Gasteiger partial charge in [0.1, 0.15) is 6.04 Å². The molecule has 0 saturated carbocycles. The lowest BCUT2D eigenvalue weighted by molar-refractivity contribution is -0.138. The minimum atomic E-state index is -1.01. The summed E-state index contributed by atoms with van der Waals surface area (Å²) in [7, 11) is 0. The molecule has 2 unspecified atom stereocenters. The Bertz CT molecular complexity index is 278. The molecule has 0 radical (unpaired) electrons. The second kappa shape index (κ2) is 5.18. The van der Waals surface area contributed by atoms with E-state index < -0.39 is 12.0 Å². The first-order valence-electron chi connectivity index (χ1n) is 5.73. The number of rotatable bonds is 3. The van der Waals surface area contributed by atoms with Crippen LogP contribution in [0.2, 0.25) is 0 Å². The highest BCUT2D eigenvalue weighted by Crippen LogP contribution is 2.23. The van der Waals surface area contributed by atoms with Gasteiger partial charge in [0.15, 0.2) is 0 Å². The predicted molar refractivity (Wildman–Crippen MR) is 60.2 cm³/mol. The number of hydrogen-bond acceptors (Lipinski definition) is 2. The lowest BCUT2D eigenvalue weighted by Gasteiger charge is -2.28. The first-order chi connectivity index (χ1) is 7.43. The molecular formula is C11H20N2O3. The van der Waals surface area contributed by atoms with E-state index in [1.807, 2.05) is 0 Å². The summed E-state index contributed by atoms with van der Waals surface area (Å²) in [6, 6.07) is -0.854. The molecule has 0 aromatic rings. The van der Waals surface area contributed by atoms with E-state index >= 15 is 0 Å². The number of carbonyl (C=O) groups is 2. The first kappa shape index (κ1) is 12.8. The zero-order valence-corrected chi connectivity index (χ0v) is 10.1. The van der Waals surface area contributed by atoms with Gasteiger partial charge in [0.25, 0.3) is 0 Å². The standard InChI is InChI=1S/C11H20N2O3/c1-7(2)9-5-4-6-13(9)11(16)12-8(3)10(14)15/h7-9H,4-6H2,1-3H3,(H,12,16)(H,14,15). The van der Waals surface area contributed by atoms with Gasteiger partial charge in [0.2, 0.25) is 0 Å². The fourth-order valence-electron chi connectivity index (χ4n) is 2.07. The molecule has 1 heterocycles. The van der Waals surface area contributed by atoms with Gasteiger partial charge in [0.05, 0.1) is 0 Å². The average molecular weight is 228 g/mol. The van der Waals surface area contributed by atoms with E-state index in [1.54, 1.807) is 4.90 Å². The molecule has 16 heavy (non-hydrogen) atoms. The van der Waals surface area contributed by atoms with Crippen molar-refractivity contribution < 1.29 is 14.7 Å². The normalized spacial score (nSPS) is 22.2. The van der Waals surface area contributed by atoms with Gasteiger partial charge in [-0.05, 0) is 25.7 Å². The van der Waals surface area contributed by atoms with Crippen molar-refractivity contribution in [2.45, 2.75) is 45.7 Å². The van der Waals surface area contributed by atoms with E-state index in [2.05, 4.69) is 19.2 Å². The number of aliphatic carboxylic acids is 1. The first-order valence-corrected chi connectivity index (χ1v) is 5.73. The fourth-order valence-corrected chi connectivity index (χ4v) is 2.07. The molecule has 1 aliphatic rings. The number of hydrogen-bond donors (Lipinski definition) is 2. The van der Waals surface area contributed by atoms with Crippen LogP contribution in [0, 0.1) is 5.92 Å². The molecule has 0 aromatic heterocycles. The third-order valence-corrected chi connectivity index (χ3v) is 3.04. The fraction of sp³-hybridized carbons (Fsp3) is 0.818. The molecule has 1 fully saturated rings. The van der Waals surface area contributed by atoms with E-state index in [1.165, 1.54) is 6.92 Å². The molecule has 1 aliphatic heterocycles. The quantitative estimate of drug-likeness (QED) is 0.764. The second-order valence-electron chi connectivity index (χ2n) is 4.66. The lowest BCUT2D eigenvalue weighted by Crippen LogP contribution is -2.49. The van der Waals surface area contributed by atoms with Crippen molar-refractivity contribution in [3.63, 3.8) is 0 Å². The summed E-state index contributed by atoms with van der Waals surface area (Å²) in [5.74, 6) is -0.595. The maximum atomic E-state index is 11.8. The van der Waals surface area contributed by atoms with Crippen LogP contribution in [0.5, 0.6) is 0 Å². The Balaban J connectivity index is 2.56. The van der Waals surface area contributed by atoms with E-state index in [-0.39, 0.29) is 12.1 Å². The van der Waals surface area contributed by atoms with Gasteiger partial charge in [-0.2, -0.15) is 0 Å². The van der Waals surface area contributed by atoms with E-state index in [0.29, 0.717) is 5.92 Å². The SMILES string of the molecule is CC(NC(=O)N1CCCC1C(C)C)C(=O)O. The molecule has 0 bridgehead atoms. The summed E-state index contributed by atoms with van der Waals surface area (Å²) in [6.07, 6.45) is 2.00. The number of nitrogens with zero attached hydrogens (tertiary/aromatic N) is 1. The maximum absolute atomic E-state index is 11.8. The van der Waals surface area contributed by atoms with Gasteiger partial charge in [-0.3, -0.25) is 4.79 Å². The summed E-state index contributed by atoms with van der Waals surface area (Å²) < 4.78 is 0. The van der Waals surface area contributed by atoms with Gasteiger partial charge in [-0.1, -0.05) is 13.8 Å². The monoisotopic (exact) mass is 228 g/mol. The Morgan fingerprint density at radius 2 is 2.00 bits per heavy atom. The molecule has 0 spiro atoms. The molecule has 0 aliphatic carbocycles. The van der Waals surface area contributed by atoms with Gasteiger partial charge in [-0.25, -0.2) is 4.79 Å². The van der Waals surface area contributed by atoms with Crippen LogP contribution in [-0.2, 0) is 4.79 Å². The van der Waals surface area contributed by atoms with Crippen molar-refractivity contribution in [3.05, 3.63) is 0 Å². The van der Waals surface area contributed by atoms with E-state index in [0.717, 1.165) is 19.4 Å². The number of carboxylic acids is 1. The van der Waals surface area contributed by atoms with Crippen molar-refractivity contribution in [2.75, 3.05) is 6.54 Å². The van der Waals surface area contributed by atoms with Crippen LogP contribution in [-0.4, -0.2) is 40.6 Å². The van der Waals surface area contributed by atoms with E-state index in [9.17, 15) is 9.59 Å². The van der Waals surface area contributed by atoms with Crippen LogP contribution in [0.15, 0.2) is 0 Å². The molecule has 0 aromatic carbocycles. The van der Waals surface area contributed by atoms with Gasteiger partial charge in [0, 0.05) is 12.6 Å². The molecule has 1 saturated heterocycles. The highest BCUT2D eigenvalue weighted by Gasteiger charge is 2.31. The van der Waals surface area contributed by atoms with Crippen LogP contribution in [0.4, 0.5) is 4.79 Å². The Hall–Kier alpha value is -1.26. The summed E-state index contributed by atoms with van der Waals surface area (Å²) in [5.41, 5.74) is 0. The summed E-state index contributed by atoms with van der Waals surface area (Å²) >= 11 is 0. The predicted octanol–water partition coefficient (Wildman–Crippen LogP) is 1.29. The Morgan fingerprint density at radius 1 is 1.38 bits per heavy atom. The number of carbonyl (C=O) groups excluding carboxylic acids is 1. The topological polar surface area (TPSA) is 69.6 Å². The van der Waals surface area contributed by atoms with Gasteiger partial charge in [-0.15, -0.1) is 0 Å². The maximum Gasteiger partial charge on any atom is 0.325 e. The van der Waals surface area contributed by atoms with Crippen molar-refractivity contribution in [1.82, 2.24) is 10.2 Å². The molecule has 2 atom stereocenters. The van der Waals surface area contributed by atoms with Crippen molar-refractivity contribution in [3.8, 4) is 0 Å². The highest BCUT2D eigenvalue weighted by atomic mass is 16.4. The summed E-state index contributed by atoms with van der Waals surface area (Å²) in [5, 5.41) is 11.2. The Kier molecular flexibility index (Phi) is 4.15. The molecule has 92 valence electrons. The third kappa shape index (κ3) is 2.87. The minimum absolute atomic E-state index is 0.237. The minimum Gasteiger partial charge on any atom is -0.480 e. The summed E-state index contributed by atoms with van der Waals surface area (Å²) in [6.45, 7) is 6.36. The Morgan fingerprint density at radius 3 is 2.50 bits per heavy atom. The number of amides is 2. The van der Waals surface area contributed by atoms with Crippen LogP contribution < -0.4 is 5.32 Å². The molecule has 1 rings (SSSR count). The molecule has 5 heteroatoms. The Labute approximate surface area is 95.8 Å². The smallest absolute Gasteiger partial charge is 0.325 e. The lowest BCUT2D eigenvalue weighted by atomic mass is 10.0. The zero-order valence-electron chi connectivity index (χ0n) is 10.1. The molecule has 2 amide bonds. The van der Waals surface area contributed by atoms with Gasteiger partial charge >= 0.3 is 12.0 Å².